The van der Waals surface area contributed by atoms with Crippen LogP contribution in [0.1, 0.15) is 17.4 Å². The van der Waals surface area contributed by atoms with Gasteiger partial charge in [-0.1, -0.05) is 48.0 Å². The van der Waals surface area contributed by atoms with Crippen molar-refractivity contribution in [3.8, 4) is 11.1 Å². The maximum Gasteiger partial charge on any atom is 0.281 e. The van der Waals surface area contributed by atoms with Gasteiger partial charge in [0.25, 0.3) is 11.5 Å². The average Bonchev–Trinajstić information content (AvgIpc) is 3.18. The van der Waals surface area contributed by atoms with Crippen LogP contribution in [0.2, 0.25) is 0 Å². The van der Waals surface area contributed by atoms with Crippen LogP contribution in [0.4, 0.5) is 5.69 Å². The normalized spacial score (nSPS) is 11.9. The van der Waals surface area contributed by atoms with Crippen LogP contribution in [0, 0.1) is 13.8 Å². The van der Waals surface area contributed by atoms with E-state index in [9.17, 15) is 14.4 Å². The number of thioether (sulfide) groups is 1. The zero-order valence-electron chi connectivity index (χ0n) is 19.0. The third-order valence-electron chi connectivity index (χ3n) is 5.25. The lowest BCUT2D eigenvalue weighted by Crippen LogP contribution is -2.37. The maximum absolute atomic E-state index is 13.2. The van der Waals surface area contributed by atoms with Crippen LogP contribution in [0.5, 0.6) is 0 Å². The lowest BCUT2D eigenvalue weighted by molar-refractivity contribution is -0.116. The molecule has 0 saturated carbocycles. The number of carbonyl (C=O) groups excluding carboxylic acids is 2. The van der Waals surface area contributed by atoms with E-state index >= 15 is 0 Å². The molecular weight excluding hydrogens is 468 g/mol. The topological polar surface area (TPSA) is 93.1 Å². The lowest BCUT2D eigenvalue weighted by atomic mass is 10.0. The number of aromatic nitrogens is 2. The number of carbonyl (C=O) groups is 2. The minimum absolute atomic E-state index is 0.108. The van der Waals surface area contributed by atoms with Crippen LogP contribution in [0.3, 0.4) is 0 Å². The molecule has 0 aliphatic rings. The van der Waals surface area contributed by atoms with Gasteiger partial charge in [-0.05, 0) is 38.5 Å². The highest BCUT2D eigenvalue weighted by molar-refractivity contribution is 8.01. The Morgan fingerprint density at radius 3 is 2.50 bits per heavy atom. The van der Waals surface area contributed by atoms with Crippen molar-refractivity contribution in [2.45, 2.75) is 26.0 Å². The number of nitrogens with zero attached hydrogens (tertiary/aromatic N) is 2. The third-order valence-corrected chi connectivity index (χ3v) is 7.41. The second-order valence-corrected chi connectivity index (χ2v) is 10.4. The van der Waals surface area contributed by atoms with E-state index in [-0.39, 0.29) is 23.1 Å². The van der Waals surface area contributed by atoms with E-state index in [4.69, 9.17) is 0 Å². The molecule has 174 valence electrons. The first-order valence-electron chi connectivity index (χ1n) is 10.7. The summed E-state index contributed by atoms with van der Waals surface area (Å²) in [5.74, 6) is -0.476. The highest BCUT2D eigenvalue weighted by Gasteiger charge is 2.20. The Balaban J connectivity index is 1.45. The van der Waals surface area contributed by atoms with Gasteiger partial charge in [-0.3, -0.25) is 19.8 Å². The number of thiophene rings is 1. The summed E-state index contributed by atoms with van der Waals surface area (Å²) in [7, 11) is 0. The summed E-state index contributed by atoms with van der Waals surface area (Å²) < 4.78 is 1.12. The van der Waals surface area contributed by atoms with Crippen molar-refractivity contribution in [2.24, 2.45) is 0 Å². The summed E-state index contributed by atoms with van der Waals surface area (Å²) in [6, 6.07) is 17.2. The molecule has 0 aliphatic heterocycles. The van der Waals surface area contributed by atoms with Crippen molar-refractivity contribution in [3.63, 3.8) is 0 Å². The Kier molecular flexibility index (Phi) is 7.14. The van der Waals surface area contributed by atoms with Gasteiger partial charge in [-0.25, -0.2) is 9.66 Å². The highest BCUT2D eigenvalue weighted by atomic mass is 32.2. The van der Waals surface area contributed by atoms with Gasteiger partial charge in [0.05, 0.1) is 16.4 Å². The molecule has 9 heteroatoms. The molecule has 4 rings (SSSR count). The standard InChI is InChI=1S/C25H24N4O3S2/c1-15-9-11-19(12-10-15)27-20(30)13-33-17(3)23(31)28-29-14-26-24-22(25(29)32)21(16(2)34-24)18-7-5-4-6-8-18/h4-12,14,17H,13H2,1-3H3,(H,27,30)(H,28,31). The first kappa shape index (κ1) is 23.7. The minimum Gasteiger partial charge on any atom is -0.325 e. The molecule has 0 radical (unpaired) electrons. The molecule has 0 fully saturated rings. The van der Waals surface area contributed by atoms with Crippen molar-refractivity contribution >= 4 is 50.8 Å². The van der Waals surface area contributed by atoms with Gasteiger partial charge in [0.1, 0.15) is 11.2 Å². The van der Waals surface area contributed by atoms with Crippen molar-refractivity contribution in [3.05, 3.63) is 81.7 Å². The van der Waals surface area contributed by atoms with Gasteiger partial charge in [-0.15, -0.1) is 23.1 Å². The number of rotatable bonds is 7. The Bertz CT molecular complexity index is 1400. The van der Waals surface area contributed by atoms with Gasteiger partial charge in [-0.2, -0.15) is 0 Å². The molecule has 2 N–H and O–H groups in total. The maximum atomic E-state index is 13.2. The van der Waals surface area contributed by atoms with Crippen LogP contribution >= 0.6 is 23.1 Å². The number of aryl methyl sites for hydroxylation is 2. The SMILES string of the molecule is Cc1ccc(NC(=O)CSC(C)C(=O)Nn2cnc3sc(C)c(-c4ccccc4)c3c2=O)cc1. The number of benzene rings is 2. The van der Waals surface area contributed by atoms with Gasteiger partial charge in [0.15, 0.2) is 0 Å². The Hall–Kier alpha value is -3.43. The zero-order chi connectivity index (χ0) is 24.2. The fourth-order valence-electron chi connectivity index (χ4n) is 3.45. The molecule has 7 nitrogen and oxygen atoms in total. The Morgan fingerprint density at radius 2 is 1.79 bits per heavy atom. The zero-order valence-corrected chi connectivity index (χ0v) is 20.6. The summed E-state index contributed by atoms with van der Waals surface area (Å²) in [6.07, 6.45) is 1.33. The molecule has 2 aromatic carbocycles. The minimum atomic E-state index is -0.552. The smallest absolute Gasteiger partial charge is 0.281 e. The van der Waals surface area contributed by atoms with E-state index in [2.05, 4.69) is 15.7 Å². The number of fused-ring (bicyclic) bond motifs is 1. The predicted molar refractivity (Wildman–Crippen MR) is 140 cm³/mol. The summed E-state index contributed by atoms with van der Waals surface area (Å²) in [4.78, 5) is 44.2. The van der Waals surface area contributed by atoms with Crippen LogP contribution < -0.4 is 16.3 Å². The van der Waals surface area contributed by atoms with E-state index in [1.54, 1.807) is 6.92 Å². The quantitative estimate of drug-likeness (QED) is 0.394. The molecule has 1 atom stereocenters. The first-order chi connectivity index (χ1) is 16.3. The number of nitrogens with one attached hydrogen (secondary N) is 2. The summed E-state index contributed by atoms with van der Waals surface area (Å²) in [5, 5.41) is 2.74. The molecular formula is C25H24N4O3S2. The van der Waals surface area contributed by atoms with Crippen molar-refractivity contribution in [1.29, 1.82) is 0 Å². The Morgan fingerprint density at radius 1 is 1.09 bits per heavy atom. The molecule has 0 spiro atoms. The predicted octanol–water partition coefficient (Wildman–Crippen LogP) is 4.57. The van der Waals surface area contributed by atoms with Crippen LogP contribution in [0.15, 0.2) is 65.7 Å². The molecule has 34 heavy (non-hydrogen) atoms. The van der Waals surface area contributed by atoms with Gasteiger partial charge < -0.3 is 5.32 Å². The largest absolute Gasteiger partial charge is 0.325 e. The summed E-state index contributed by atoms with van der Waals surface area (Å²) >= 11 is 2.64. The fourth-order valence-corrected chi connectivity index (χ4v) is 5.14. The monoisotopic (exact) mass is 492 g/mol. The van der Waals surface area contributed by atoms with E-state index in [1.807, 2.05) is 68.4 Å². The number of hydrogen-bond acceptors (Lipinski definition) is 6. The highest BCUT2D eigenvalue weighted by Crippen LogP contribution is 2.35. The van der Waals surface area contributed by atoms with E-state index in [0.717, 1.165) is 26.2 Å². The molecule has 0 bridgehead atoms. The van der Waals surface area contributed by atoms with E-state index in [0.29, 0.717) is 15.9 Å². The van der Waals surface area contributed by atoms with Gasteiger partial charge in [0, 0.05) is 16.1 Å². The third kappa shape index (κ3) is 5.21. The fraction of sp³-hybridized carbons (Fsp3) is 0.200. The average molecular weight is 493 g/mol. The van der Waals surface area contributed by atoms with Crippen molar-refractivity contribution < 1.29 is 9.59 Å². The second-order valence-electron chi connectivity index (χ2n) is 7.84. The number of anilines is 1. The molecule has 2 amide bonds. The molecule has 0 saturated heterocycles. The van der Waals surface area contributed by atoms with Gasteiger partial charge in [0.2, 0.25) is 5.91 Å². The van der Waals surface area contributed by atoms with Crippen LogP contribution in [0.25, 0.3) is 21.3 Å². The number of hydrogen-bond donors (Lipinski definition) is 2. The number of amides is 2. The molecule has 2 aromatic heterocycles. The molecule has 0 aliphatic carbocycles. The van der Waals surface area contributed by atoms with Gasteiger partial charge >= 0.3 is 0 Å². The molecule has 1 unspecified atom stereocenters. The van der Waals surface area contributed by atoms with Crippen LogP contribution in [-0.2, 0) is 9.59 Å². The van der Waals surface area contributed by atoms with E-state index < -0.39 is 5.25 Å². The Labute approximate surface area is 205 Å². The lowest BCUT2D eigenvalue weighted by Gasteiger charge is -2.13. The van der Waals surface area contributed by atoms with Crippen molar-refractivity contribution in [1.82, 2.24) is 9.66 Å². The second kappa shape index (κ2) is 10.2. The summed E-state index contributed by atoms with van der Waals surface area (Å²) in [6.45, 7) is 5.63. The first-order valence-corrected chi connectivity index (χ1v) is 12.5. The van der Waals surface area contributed by atoms with E-state index in [1.165, 1.54) is 29.4 Å². The van der Waals surface area contributed by atoms with Crippen LogP contribution in [-0.4, -0.2) is 32.5 Å². The molecule has 4 aromatic rings. The summed E-state index contributed by atoms with van der Waals surface area (Å²) in [5.41, 5.74) is 5.86. The molecule has 2 heterocycles. The van der Waals surface area contributed by atoms with Crippen molar-refractivity contribution in [2.75, 3.05) is 16.5 Å².